The minimum atomic E-state index is -1.02. The fourth-order valence-corrected chi connectivity index (χ4v) is 2.77. The first-order valence-corrected chi connectivity index (χ1v) is 9.16. The molecule has 3 aromatic rings. The fourth-order valence-electron chi connectivity index (χ4n) is 2.77. The van der Waals surface area contributed by atoms with Crippen LogP contribution in [0.25, 0.3) is 10.9 Å². The van der Waals surface area contributed by atoms with Crippen molar-refractivity contribution < 1.29 is 18.7 Å². The molecule has 150 valence electrons. The Labute approximate surface area is 165 Å². The third-order valence-corrected chi connectivity index (χ3v) is 4.23. The topological polar surface area (TPSA) is 101 Å². The van der Waals surface area contributed by atoms with Crippen molar-refractivity contribution in [3.8, 4) is 0 Å². The quantitative estimate of drug-likeness (QED) is 0.597. The zero-order valence-electron chi connectivity index (χ0n) is 15.8. The number of hydrogen-bond acceptors (Lipinski definition) is 5. The van der Waals surface area contributed by atoms with Crippen molar-refractivity contribution in [2.45, 2.75) is 32.3 Å². The van der Waals surface area contributed by atoms with Crippen LogP contribution in [0.1, 0.15) is 25.6 Å². The molecule has 0 bridgehead atoms. The van der Waals surface area contributed by atoms with E-state index in [1.807, 2.05) is 0 Å². The fraction of sp³-hybridized carbons (Fsp3) is 0.238. The van der Waals surface area contributed by atoms with Crippen LogP contribution in [-0.4, -0.2) is 27.9 Å². The van der Waals surface area contributed by atoms with Gasteiger partial charge in [0, 0.05) is 18.5 Å². The number of amides is 1. The van der Waals surface area contributed by atoms with Crippen molar-refractivity contribution in [2.75, 3.05) is 5.32 Å². The first kappa shape index (κ1) is 20.2. The molecular weight excluding hydrogens is 377 g/mol. The lowest BCUT2D eigenvalue weighted by Gasteiger charge is -2.13. The summed E-state index contributed by atoms with van der Waals surface area (Å²) in [6, 6.07) is 12.4. The van der Waals surface area contributed by atoms with Crippen molar-refractivity contribution in [1.29, 1.82) is 0 Å². The van der Waals surface area contributed by atoms with Crippen LogP contribution in [0.4, 0.5) is 10.1 Å². The summed E-state index contributed by atoms with van der Waals surface area (Å²) in [5, 5.41) is 3.00. The number of rotatable bonds is 7. The minimum Gasteiger partial charge on any atom is -0.453 e. The summed E-state index contributed by atoms with van der Waals surface area (Å²) in [6.45, 7) is 1.44. The molecule has 1 atom stereocenters. The van der Waals surface area contributed by atoms with E-state index in [2.05, 4.69) is 15.3 Å². The number of aryl methyl sites for hydroxylation is 1. The maximum absolute atomic E-state index is 13.2. The van der Waals surface area contributed by atoms with Crippen LogP contribution < -0.4 is 10.9 Å². The molecule has 29 heavy (non-hydrogen) atoms. The van der Waals surface area contributed by atoms with Gasteiger partial charge in [-0.25, -0.2) is 9.37 Å². The van der Waals surface area contributed by atoms with E-state index >= 15 is 0 Å². The number of nitrogens with zero attached hydrogens (tertiary/aromatic N) is 1. The van der Waals surface area contributed by atoms with Crippen molar-refractivity contribution in [1.82, 2.24) is 9.97 Å². The minimum absolute atomic E-state index is 0.0636. The smallest absolute Gasteiger partial charge is 0.306 e. The highest BCUT2D eigenvalue weighted by Gasteiger charge is 2.18. The average Bonchev–Trinajstić information content (AvgIpc) is 2.68. The van der Waals surface area contributed by atoms with Gasteiger partial charge in [0.1, 0.15) is 11.6 Å². The summed E-state index contributed by atoms with van der Waals surface area (Å²) in [5.74, 6) is -1.09. The Bertz CT molecular complexity index is 1100. The van der Waals surface area contributed by atoms with Gasteiger partial charge in [0.15, 0.2) is 6.10 Å². The Balaban J connectivity index is 1.48. The number of H-pyrrole nitrogens is 1. The van der Waals surface area contributed by atoms with E-state index in [1.165, 1.54) is 31.2 Å². The number of aromatic nitrogens is 2. The number of carbonyl (C=O) groups excluding carboxylic acids is 2. The molecule has 2 aromatic carbocycles. The molecule has 0 radical (unpaired) electrons. The number of nitrogens with one attached hydrogen (secondary N) is 2. The van der Waals surface area contributed by atoms with E-state index in [0.717, 1.165) is 0 Å². The highest BCUT2D eigenvalue weighted by atomic mass is 19.1. The monoisotopic (exact) mass is 397 g/mol. The van der Waals surface area contributed by atoms with Gasteiger partial charge < -0.3 is 15.0 Å². The van der Waals surface area contributed by atoms with E-state index in [9.17, 15) is 18.8 Å². The van der Waals surface area contributed by atoms with Gasteiger partial charge in [-0.1, -0.05) is 18.2 Å². The summed E-state index contributed by atoms with van der Waals surface area (Å²) >= 11 is 0. The molecule has 0 saturated carbocycles. The van der Waals surface area contributed by atoms with Crippen LogP contribution in [-0.2, 0) is 20.7 Å². The molecule has 1 heterocycles. The van der Waals surface area contributed by atoms with Crippen LogP contribution in [0, 0.1) is 5.82 Å². The number of carbonyl (C=O) groups is 2. The molecule has 1 aromatic heterocycles. The number of hydrogen-bond donors (Lipinski definition) is 2. The van der Waals surface area contributed by atoms with Gasteiger partial charge in [-0.3, -0.25) is 14.4 Å². The van der Waals surface area contributed by atoms with Gasteiger partial charge in [0.05, 0.1) is 10.9 Å². The first-order valence-electron chi connectivity index (χ1n) is 9.16. The molecule has 7 nitrogen and oxygen atoms in total. The van der Waals surface area contributed by atoms with E-state index in [0.29, 0.717) is 29.6 Å². The lowest BCUT2D eigenvalue weighted by molar-refractivity contribution is -0.153. The third kappa shape index (κ3) is 5.47. The molecule has 0 saturated heterocycles. The Morgan fingerprint density at radius 2 is 2.00 bits per heavy atom. The average molecular weight is 397 g/mol. The van der Waals surface area contributed by atoms with Gasteiger partial charge in [-0.15, -0.1) is 0 Å². The van der Waals surface area contributed by atoms with Crippen molar-refractivity contribution in [3.63, 3.8) is 0 Å². The molecule has 0 aliphatic rings. The predicted molar refractivity (Wildman–Crippen MR) is 106 cm³/mol. The van der Waals surface area contributed by atoms with E-state index in [4.69, 9.17) is 4.74 Å². The molecule has 8 heteroatoms. The largest absolute Gasteiger partial charge is 0.453 e. The zero-order valence-corrected chi connectivity index (χ0v) is 15.8. The van der Waals surface area contributed by atoms with E-state index < -0.39 is 23.8 Å². The number of ether oxygens (including phenoxy) is 1. The standard InChI is InChI=1S/C21H20FN3O4/c1-13(20(27)23-15-7-4-6-14(22)12-15)29-19(26)11-5-10-18-24-17-9-3-2-8-16(17)21(28)25-18/h2-4,6-9,12-13H,5,10-11H2,1H3,(H,23,27)(H,24,25,28)/t13-/m1/s1. The molecule has 3 rings (SSSR count). The second-order valence-corrected chi connectivity index (χ2v) is 6.52. The first-order chi connectivity index (χ1) is 13.9. The zero-order chi connectivity index (χ0) is 20.8. The number of aromatic amines is 1. The third-order valence-electron chi connectivity index (χ3n) is 4.23. The molecule has 0 spiro atoms. The Morgan fingerprint density at radius 3 is 2.79 bits per heavy atom. The molecule has 2 N–H and O–H groups in total. The second-order valence-electron chi connectivity index (χ2n) is 6.52. The van der Waals surface area contributed by atoms with Gasteiger partial charge in [-0.2, -0.15) is 0 Å². The number of halogens is 1. The lowest BCUT2D eigenvalue weighted by Crippen LogP contribution is -2.30. The maximum atomic E-state index is 13.2. The van der Waals surface area contributed by atoms with Crippen LogP contribution in [0.5, 0.6) is 0 Å². The van der Waals surface area contributed by atoms with Crippen molar-refractivity contribution in [3.05, 3.63) is 70.5 Å². The lowest BCUT2D eigenvalue weighted by atomic mass is 10.2. The van der Waals surface area contributed by atoms with E-state index in [1.54, 1.807) is 24.3 Å². The van der Waals surface area contributed by atoms with Crippen molar-refractivity contribution >= 4 is 28.5 Å². The molecular formula is C21H20FN3O4. The van der Waals surface area contributed by atoms with Crippen LogP contribution in [0.15, 0.2) is 53.3 Å². The summed E-state index contributed by atoms with van der Waals surface area (Å²) in [5.41, 5.74) is 0.650. The van der Waals surface area contributed by atoms with Gasteiger partial charge in [0.25, 0.3) is 11.5 Å². The second kappa shape index (κ2) is 9.09. The number of esters is 1. The van der Waals surface area contributed by atoms with Gasteiger partial charge in [-0.05, 0) is 43.7 Å². The molecule has 0 aliphatic carbocycles. The number of benzene rings is 2. The number of fused-ring (bicyclic) bond motifs is 1. The normalized spacial score (nSPS) is 11.8. The Kier molecular flexibility index (Phi) is 6.33. The summed E-state index contributed by atoms with van der Waals surface area (Å²) < 4.78 is 18.3. The maximum Gasteiger partial charge on any atom is 0.306 e. The Morgan fingerprint density at radius 1 is 1.21 bits per heavy atom. The van der Waals surface area contributed by atoms with Gasteiger partial charge >= 0.3 is 5.97 Å². The Hall–Kier alpha value is -3.55. The van der Waals surface area contributed by atoms with Crippen LogP contribution in [0.2, 0.25) is 0 Å². The highest BCUT2D eigenvalue weighted by molar-refractivity contribution is 5.95. The predicted octanol–water partition coefficient (Wildman–Crippen LogP) is 2.96. The summed E-state index contributed by atoms with van der Waals surface area (Å²) in [4.78, 5) is 43.1. The summed E-state index contributed by atoms with van der Waals surface area (Å²) in [6.07, 6.45) is -0.171. The number of anilines is 1. The molecule has 0 aliphatic heterocycles. The highest BCUT2D eigenvalue weighted by Crippen LogP contribution is 2.11. The van der Waals surface area contributed by atoms with Crippen LogP contribution in [0.3, 0.4) is 0 Å². The molecule has 0 unspecified atom stereocenters. The van der Waals surface area contributed by atoms with Crippen molar-refractivity contribution in [2.24, 2.45) is 0 Å². The molecule has 0 fully saturated rings. The SMILES string of the molecule is C[C@@H](OC(=O)CCCc1nc2ccccc2c(=O)[nH]1)C(=O)Nc1cccc(F)c1. The van der Waals surface area contributed by atoms with Crippen LogP contribution >= 0.6 is 0 Å². The number of para-hydroxylation sites is 1. The van der Waals surface area contributed by atoms with E-state index in [-0.39, 0.29) is 17.7 Å². The summed E-state index contributed by atoms with van der Waals surface area (Å²) in [7, 11) is 0. The molecule has 1 amide bonds. The van der Waals surface area contributed by atoms with Gasteiger partial charge in [0.2, 0.25) is 0 Å².